The van der Waals surface area contributed by atoms with Crippen LogP contribution in [0.2, 0.25) is 5.02 Å². The van der Waals surface area contributed by atoms with E-state index in [1.807, 2.05) is 19.9 Å². The van der Waals surface area contributed by atoms with Gasteiger partial charge in [0.05, 0.1) is 18.0 Å². The lowest BCUT2D eigenvalue weighted by molar-refractivity contribution is -0.117. The van der Waals surface area contributed by atoms with Crippen LogP contribution in [0.4, 0.5) is 5.69 Å². The number of carbonyl (C=O) groups excluding carboxylic acids is 1. The van der Waals surface area contributed by atoms with E-state index in [4.69, 9.17) is 16.9 Å². The zero-order chi connectivity index (χ0) is 12.6. The highest BCUT2D eigenvalue weighted by atomic mass is 35.5. The average molecular weight is 249 g/mol. The first kappa shape index (κ1) is 11.9. The van der Waals surface area contributed by atoms with Crippen LogP contribution in [0.15, 0.2) is 18.2 Å². The lowest BCUT2D eigenvalue weighted by Crippen LogP contribution is -2.33. The molecule has 0 saturated carbocycles. The summed E-state index contributed by atoms with van der Waals surface area (Å²) in [5.41, 5.74) is 1.81. The van der Waals surface area contributed by atoms with Crippen molar-refractivity contribution < 1.29 is 4.79 Å². The number of carbonyl (C=O) groups is 1. The summed E-state index contributed by atoms with van der Waals surface area (Å²) in [6.45, 7) is 3.84. The van der Waals surface area contributed by atoms with Crippen molar-refractivity contribution in [2.75, 3.05) is 4.90 Å². The van der Waals surface area contributed by atoms with Crippen molar-refractivity contribution >= 4 is 23.2 Å². The standard InChI is InChI=1S/C13H13ClN2O/c1-8-3-4-11(14)6-12(8)16-9(2)10(7-15)5-13(16)17/h3-4,6,9-10H,5H2,1-2H3. The van der Waals surface area contributed by atoms with E-state index in [2.05, 4.69) is 6.07 Å². The highest BCUT2D eigenvalue weighted by Gasteiger charge is 2.38. The molecule has 0 N–H and O–H groups in total. The van der Waals surface area contributed by atoms with Crippen LogP contribution in [0.1, 0.15) is 18.9 Å². The highest BCUT2D eigenvalue weighted by molar-refractivity contribution is 6.31. The minimum Gasteiger partial charge on any atom is -0.308 e. The van der Waals surface area contributed by atoms with Crippen molar-refractivity contribution in [2.45, 2.75) is 26.3 Å². The molecule has 1 aromatic carbocycles. The number of anilines is 1. The summed E-state index contributed by atoms with van der Waals surface area (Å²) in [5.74, 6) is -0.240. The Morgan fingerprint density at radius 1 is 1.53 bits per heavy atom. The van der Waals surface area contributed by atoms with Crippen LogP contribution >= 0.6 is 11.6 Å². The molecule has 0 aliphatic carbocycles. The summed E-state index contributed by atoms with van der Waals surface area (Å²) in [6, 6.07) is 7.56. The van der Waals surface area contributed by atoms with Gasteiger partial charge in [-0.25, -0.2) is 0 Å². The third-order valence-electron chi connectivity index (χ3n) is 3.25. The summed E-state index contributed by atoms with van der Waals surface area (Å²) in [6.07, 6.45) is 0.295. The number of rotatable bonds is 1. The average Bonchev–Trinajstić information content (AvgIpc) is 2.58. The van der Waals surface area contributed by atoms with Crippen molar-refractivity contribution in [3.63, 3.8) is 0 Å². The van der Waals surface area contributed by atoms with Gasteiger partial charge in [-0.15, -0.1) is 0 Å². The molecule has 4 heteroatoms. The van der Waals surface area contributed by atoms with E-state index in [-0.39, 0.29) is 17.9 Å². The van der Waals surface area contributed by atoms with Gasteiger partial charge in [-0.05, 0) is 31.5 Å². The van der Waals surface area contributed by atoms with Crippen molar-refractivity contribution in [2.24, 2.45) is 5.92 Å². The number of amides is 1. The van der Waals surface area contributed by atoms with Gasteiger partial charge in [-0.3, -0.25) is 4.79 Å². The van der Waals surface area contributed by atoms with Gasteiger partial charge in [-0.1, -0.05) is 17.7 Å². The molecule has 2 rings (SSSR count). The zero-order valence-electron chi connectivity index (χ0n) is 9.77. The first-order chi connectivity index (χ1) is 8.04. The summed E-state index contributed by atoms with van der Waals surface area (Å²) < 4.78 is 0. The maximum absolute atomic E-state index is 11.9. The number of hydrogen-bond acceptors (Lipinski definition) is 2. The monoisotopic (exact) mass is 248 g/mol. The molecular formula is C13H13ClN2O. The molecule has 88 valence electrons. The fourth-order valence-electron chi connectivity index (χ4n) is 2.21. The van der Waals surface area contributed by atoms with E-state index in [9.17, 15) is 4.79 Å². The van der Waals surface area contributed by atoms with Crippen LogP contribution in [0.25, 0.3) is 0 Å². The fraction of sp³-hybridized carbons (Fsp3) is 0.385. The van der Waals surface area contributed by atoms with Gasteiger partial charge in [0, 0.05) is 17.1 Å². The van der Waals surface area contributed by atoms with Crippen LogP contribution in [0.5, 0.6) is 0 Å². The van der Waals surface area contributed by atoms with Crippen LogP contribution < -0.4 is 4.90 Å². The summed E-state index contributed by atoms with van der Waals surface area (Å²) in [7, 11) is 0. The van der Waals surface area contributed by atoms with Crippen LogP contribution in [-0.4, -0.2) is 11.9 Å². The Balaban J connectivity index is 2.44. The smallest absolute Gasteiger partial charge is 0.228 e. The van der Waals surface area contributed by atoms with E-state index >= 15 is 0 Å². The second kappa shape index (κ2) is 4.38. The van der Waals surface area contributed by atoms with Crippen molar-refractivity contribution in [3.05, 3.63) is 28.8 Å². The Kier molecular flexibility index (Phi) is 3.08. The molecule has 2 atom stereocenters. The summed E-state index contributed by atoms with van der Waals surface area (Å²) >= 11 is 5.96. The second-order valence-corrected chi connectivity index (χ2v) is 4.81. The van der Waals surface area contributed by atoms with Crippen molar-refractivity contribution in [3.8, 4) is 6.07 Å². The van der Waals surface area contributed by atoms with Crippen molar-refractivity contribution in [1.29, 1.82) is 5.26 Å². The normalized spacial score (nSPS) is 23.9. The molecule has 0 radical (unpaired) electrons. The summed E-state index contributed by atoms with van der Waals surface area (Å²) in [4.78, 5) is 13.6. The molecule has 17 heavy (non-hydrogen) atoms. The molecule has 1 heterocycles. The maximum Gasteiger partial charge on any atom is 0.228 e. The van der Waals surface area contributed by atoms with Gasteiger partial charge in [0.1, 0.15) is 0 Å². The van der Waals surface area contributed by atoms with Crippen LogP contribution in [-0.2, 0) is 4.79 Å². The molecule has 1 aromatic rings. The predicted octanol–water partition coefficient (Wildman–Crippen LogP) is 2.91. The molecule has 1 aliphatic rings. The van der Waals surface area contributed by atoms with Gasteiger partial charge in [0.2, 0.25) is 5.91 Å². The Morgan fingerprint density at radius 2 is 2.24 bits per heavy atom. The quantitative estimate of drug-likeness (QED) is 0.767. The number of nitrogens with zero attached hydrogens (tertiary/aromatic N) is 2. The van der Waals surface area contributed by atoms with E-state index in [0.717, 1.165) is 11.3 Å². The molecule has 2 unspecified atom stereocenters. The van der Waals surface area contributed by atoms with Crippen molar-refractivity contribution in [1.82, 2.24) is 0 Å². The minimum atomic E-state index is -0.235. The molecular weight excluding hydrogens is 236 g/mol. The molecule has 1 amide bonds. The first-order valence-corrected chi connectivity index (χ1v) is 5.90. The molecule has 0 aromatic heterocycles. The van der Waals surface area contributed by atoms with E-state index < -0.39 is 0 Å². The fourth-order valence-corrected chi connectivity index (χ4v) is 2.38. The number of benzene rings is 1. The van der Waals surface area contributed by atoms with Gasteiger partial charge in [0.25, 0.3) is 0 Å². The molecule has 3 nitrogen and oxygen atoms in total. The van der Waals surface area contributed by atoms with E-state index in [1.54, 1.807) is 17.0 Å². The molecule has 1 fully saturated rings. The van der Waals surface area contributed by atoms with Crippen LogP contribution in [0, 0.1) is 24.2 Å². The van der Waals surface area contributed by atoms with Gasteiger partial charge < -0.3 is 4.90 Å². The second-order valence-electron chi connectivity index (χ2n) is 4.37. The Morgan fingerprint density at radius 3 is 2.82 bits per heavy atom. The number of halogens is 1. The topological polar surface area (TPSA) is 44.1 Å². The molecule has 1 saturated heterocycles. The minimum absolute atomic E-state index is 0.00517. The summed E-state index contributed by atoms with van der Waals surface area (Å²) in [5, 5.41) is 9.59. The largest absolute Gasteiger partial charge is 0.308 e. The van der Waals surface area contributed by atoms with Gasteiger partial charge in [-0.2, -0.15) is 5.26 Å². The molecule has 0 spiro atoms. The van der Waals surface area contributed by atoms with Gasteiger partial charge in [0.15, 0.2) is 0 Å². The third-order valence-corrected chi connectivity index (χ3v) is 3.48. The maximum atomic E-state index is 11.9. The number of hydrogen-bond donors (Lipinski definition) is 0. The SMILES string of the molecule is Cc1ccc(Cl)cc1N1C(=O)CC(C#N)C1C. The predicted molar refractivity (Wildman–Crippen MR) is 66.9 cm³/mol. The Labute approximate surface area is 106 Å². The van der Waals surface area contributed by atoms with E-state index in [0.29, 0.717) is 11.4 Å². The third kappa shape index (κ3) is 2.01. The molecule has 0 bridgehead atoms. The van der Waals surface area contributed by atoms with Crippen LogP contribution in [0.3, 0.4) is 0 Å². The zero-order valence-corrected chi connectivity index (χ0v) is 10.5. The Bertz CT molecular complexity index is 507. The van der Waals surface area contributed by atoms with E-state index in [1.165, 1.54) is 0 Å². The lowest BCUT2D eigenvalue weighted by atomic mass is 10.0. The number of nitriles is 1. The number of aryl methyl sites for hydroxylation is 1. The van der Waals surface area contributed by atoms with Gasteiger partial charge >= 0.3 is 0 Å². The first-order valence-electron chi connectivity index (χ1n) is 5.52. The Hall–Kier alpha value is -1.53. The molecule has 1 aliphatic heterocycles. The lowest BCUT2D eigenvalue weighted by Gasteiger charge is -2.24. The highest BCUT2D eigenvalue weighted by Crippen LogP contribution is 2.33.